The Kier molecular flexibility index (Phi) is 20.2. The first-order valence-corrected chi connectivity index (χ1v) is 20.8. The van der Waals surface area contributed by atoms with Gasteiger partial charge in [-0.15, -0.1) is 0 Å². The first-order chi connectivity index (χ1) is 32.5. The molecule has 0 unspecified atom stereocenters. The summed E-state index contributed by atoms with van der Waals surface area (Å²) in [4.78, 5) is 67.4. The van der Waals surface area contributed by atoms with E-state index >= 15 is 0 Å². The summed E-state index contributed by atoms with van der Waals surface area (Å²) in [6.07, 6.45) is -0.0154. The molecule has 0 aliphatic carbocycles. The fraction of sp³-hybridized carbons (Fsp3) is 0.217. The Hall–Kier alpha value is -8.30. The van der Waals surface area contributed by atoms with E-state index in [9.17, 15) is 49.2 Å². The van der Waals surface area contributed by atoms with E-state index in [0.29, 0.717) is 58.2 Å². The maximum absolute atomic E-state index is 12.0. The van der Waals surface area contributed by atoms with Crippen LogP contribution in [0.4, 0.5) is 28.4 Å². The number of nitrogens with one attached hydrogen (secondary N) is 4. The maximum atomic E-state index is 12.0. The van der Waals surface area contributed by atoms with Crippen molar-refractivity contribution in [1.29, 1.82) is 0 Å². The molecular weight excluding hydrogens is 949 g/mol. The minimum Gasteiger partial charge on any atom is -0.504 e. The third-order valence-electron chi connectivity index (χ3n) is 8.90. The molecule has 0 atom stereocenters. The van der Waals surface area contributed by atoms with Gasteiger partial charge in [0.15, 0.2) is 57.5 Å². The number of nitrogens with two attached hydrogens (primary N) is 1. The number of hydrogen-bond donors (Lipinski definition) is 9. The number of halogens is 2. The van der Waals surface area contributed by atoms with Gasteiger partial charge >= 0.3 is 0 Å². The van der Waals surface area contributed by atoms with Gasteiger partial charge in [-0.3, -0.25) is 28.8 Å². The van der Waals surface area contributed by atoms with E-state index in [1.165, 1.54) is 36.4 Å². The number of ether oxygens (including phenoxy) is 6. The normalized spacial score (nSPS) is 11.6. The Morgan fingerprint density at radius 2 is 0.696 bits per heavy atom. The highest BCUT2D eigenvalue weighted by atomic mass is 35.5. The van der Waals surface area contributed by atoms with Gasteiger partial charge in [0.1, 0.15) is 0 Å². The number of carbonyl (C=O) groups excluding carboxylic acids is 6. The van der Waals surface area contributed by atoms with Crippen LogP contribution in [-0.2, 0) is 28.8 Å². The van der Waals surface area contributed by atoms with E-state index in [-0.39, 0.29) is 94.3 Å². The summed E-state index contributed by atoms with van der Waals surface area (Å²) < 4.78 is 31.1. The smallest absolute Gasteiger partial charge is 0.231 e. The van der Waals surface area contributed by atoms with Crippen LogP contribution in [0, 0.1) is 0 Å². The van der Waals surface area contributed by atoms with Crippen molar-refractivity contribution in [2.75, 3.05) is 47.4 Å². The number of anilines is 5. The number of aromatic hydroxyl groups is 4. The largest absolute Gasteiger partial charge is 0.504 e. The fourth-order valence-corrected chi connectivity index (χ4v) is 5.80. The van der Waals surface area contributed by atoms with Crippen molar-refractivity contribution in [3.05, 3.63) is 91.0 Å². The van der Waals surface area contributed by atoms with Gasteiger partial charge in [-0.1, -0.05) is 7.43 Å². The minimum absolute atomic E-state index is 0. The average molecular weight is 997 g/mol. The Balaban J connectivity index is 0.000000220. The van der Waals surface area contributed by atoms with Gasteiger partial charge in [0, 0.05) is 97.3 Å². The zero-order chi connectivity index (χ0) is 49.2. The number of phenols is 4. The van der Waals surface area contributed by atoms with E-state index in [4.69, 9.17) is 57.4 Å². The third-order valence-corrected chi connectivity index (χ3v) is 9.28. The highest BCUT2D eigenvalue weighted by Crippen LogP contribution is 2.36. The lowest BCUT2D eigenvalue weighted by Crippen LogP contribution is -2.17. The van der Waals surface area contributed by atoms with Crippen molar-refractivity contribution < 1.29 is 77.6 Å². The Labute approximate surface area is 403 Å². The summed E-state index contributed by atoms with van der Waals surface area (Å²) in [5, 5.41) is 46.4. The molecule has 10 N–H and O–H groups in total. The molecule has 69 heavy (non-hydrogen) atoms. The zero-order valence-corrected chi connectivity index (χ0v) is 37.1. The summed E-state index contributed by atoms with van der Waals surface area (Å²) in [7, 11) is 0. The van der Waals surface area contributed by atoms with E-state index in [1.54, 1.807) is 54.6 Å². The standard InChI is InChI=1S/C18H16N2O6.C16H16N2O6.C7H7NO2.C4H4Cl2O2.CH4/c21-17(19-11-1-3-13-15(7-11)25-9-23-13)5-6-18(22)20-12-2-4-14-16(8-12)26-10-24-14;19-11-3-1-9(7-13(11)21)17-15(23)5-6-16(24)18-10-2-4-12(20)14(22)8-10;8-5-1-2-6-7(3-5)10-4-9-6;5-3(7)1-2-4(6)8;/h1-4,7-8H,5-6,9-10H2,(H,19,21)(H,20,22);1-4,7-8,19-22H,5-6H2,(H,17,23)(H,18,24);1-3H,4,8H2;1-2H2;1H4. The van der Waals surface area contributed by atoms with Gasteiger partial charge in [0.25, 0.3) is 0 Å². The number of amides is 4. The predicted octanol–water partition coefficient (Wildman–Crippen LogP) is 7.30. The lowest BCUT2D eigenvalue weighted by molar-refractivity contribution is -0.121. The molecule has 366 valence electrons. The lowest BCUT2D eigenvalue weighted by Gasteiger charge is -2.08. The quantitative estimate of drug-likeness (QED) is 0.0242. The van der Waals surface area contributed by atoms with Gasteiger partial charge in [0.2, 0.25) is 54.5 Å². The second-order valence-electron chi connectivity index (χ2n) is 14.1. The zero-order valence-electron chi connectivity index (χ0n) is 35.5. The number of carbonyl (C=O) groups is 6. The highest BCUT2D eigenvalue weighted by Gasteiger charge is 2.17. The highest BCUT2D eigenvalue weighted by molar-refractivity contribution is 6.66. The topological polar surface area (TPSA) is 313 Å². The molecule has 4 amide bonds. The minimum atomic E-state index is -0.529. The third kappa shape index (κ3) is 17.8. The van der Waals surface area contributed by atoms with Crippen LogP contribution >= 0.6 is 23.2 Å². The number of nitrogen functional groups attached to an aromatic ring is 1. The molecule has 5 aromatic carbocycles. The van der Waals surface area contributed by atoms with Gasteiger partial charge in [-0.25, -0.2) is 0 Å². The predicted molar refractivity (Wildman–Crippen MR) is 252 cm³/mol. The molecule has 3 heterocycles. The Bertz CT molecular complexity index is 2500. The van der Waals surface area contributed by atoms with Crippen LogP contribution in [0.25, 0.3) is 0 Å². The number of benzene rings is 5. The molecule has 21 nitrogen and oxygen atoms in total. The first-order valence-electron chi connectivity index (χ1n) is 20.1. The molecule has 5 aromatic rings. The van der Waals surface area contributed by atoms with Crippen LogP contribution in [0.1, 0.15) is 46.0 Å². The second-order valence-corrected chi connectivity index (χ2v) is 14.9. The van der Waals surface area contributed by atoms with Crippen molar-refractivity contribution in [2.45, 2.75) is 46.0 Å². The van der Waals surface area contributed by atoms with Crippen LogP contribution in [0.3, 0.4) is 0 Å². The molecular formula is C46H47Cl2N5O16. The number of fused-ring (bicyclic) bond motifs is 3. The Morgan fingerprint density at radius 3 is 1.03 bits per heavy atom. The van der Waals surface area contributed by atoms with Crippen LogP contribution in [0.5, 0.6) is 57.5 Å². The van der Waals surface area contributed by atoms with Crippen LogP contribution in [0.15, 0.2) is 91.0 Å². The van der Waals surface area contributed by atoms with Crippen molar-refractivity contribution in [2.24, 2.45) is 0 Å². The van der Waals surface area contributed by atoms with Crippen molar-refractivity contribution in [3.8, 4) is 57.5 Å². The van der Waals surface area contributed by atoms with Crippen molar-refractivity contribution in [3.63, 3.8) is 0 Å². The van der Waals surface area contributed by atoms with Gasteiger partial charge < -0.3 is 75.8 Å². The number of hydrogen-bond acceptors (Lipinski definition) is 17. The molecule has 3 aliphatic rings. The molecule has 3 aliphatic heterocycles. The maximum Gasteiger partial charge on any atom is 0.231 e. The van der Waals surface area contributed by atoms with Gasteiger partial charge in [-0.2, -0.15) is 0 Å². The molecule has 8 rings (SSSR count). The van der Waals surface area contributed by atoms with E-state index in [0.717, 1.165) is 11.5 Å². The van der Waals surface area contributed by atoms with Gasteiger partial charge in [-0.05, 0) is 83.9 Å². The van der Waals surface area contributed by atoms with E-state index in [2.05, 4.69) is 21.3 Å². The van der Waals surface area contributed by atoms with Crippen molar-refractivity contribution in [1.82, 2.24) is 0 Å². The molecule has 0 bridgehead atoms. The van der Waals surface area contributed by atoms with Gasteiger partial charge in [0.05, 0.1) is 0 Å². The number of phenolic OH excluding ortho intramolecular Hbond substituents is 4. The SMILES string of the molecule is C.Nc1ccc2c(c1)OCO2.O=C(CCC(=O)Nc1ccc(O)c(O)c1)Nc1ccc(O)c(O)c1.O=C(CCC(=O)Nc1ccc2c(c1)OCO2)Nc1ccc2c(c1)OCO2.O=C(Cl)CCC(=O)Cl. The first kappa shape index (κ1) is 53.3. The van der Waals surface area contributed by atoms with Crippen molar-refractivity contribution >= 4 is 85.8 Å². The molecule has 0 saturated carbocycles. The summed E-state index contributed by atoms with van der Waals surface area (Å²) in [5.41, 5.74) is 7.96. The van der Waals surface area contributed by atoms with Crippen LogP contribution < -0.4 is 55.4 Å². The summed E-state index contributed by atoms with van der Waals surface area (Å²) in [6.45, 7) is 0.651. The van der Waals surface area contributed by atoms with Crippen LogP contribution in [0.2, 0.25) is 0 Å². The molecule has 0 fully saturated rings. The fourth-order valence-electron chi connectivity index (χ4n) is 5.61. The average Bonchev–Trinajstić information content (AvgIpc) is 4.09. The van der Waals surface area contributed by atoms with Crippen LogP contribution in [-0.4, -0.2) is 74.9 Å². The molecule has 0 aromatic heterocycles. The number of rotatable bonds is 13. The summed E-state index contributed by atoms with van der Waals surface area (Å²) in [5.74, 6) is 1.24. The van der Waals surface area contributed by atoms with E-state index in [1.807, 2.05) is 0 Å². The van der Waals surface area contributed by atoms with E-state index < -0.39 is 22.3 Å². The molecule has 0 saturated heterocycles. The molecule has 23 heteroatoms. The second kappa shape index (κ2) is 26.1. The lowest BCUT2D eigenvalue weighted by atomic mass is 10.2. The summed E-state index contributed by atoms with van der Waals surface area (Å²) in [6, 6.07) is 23.3. The monoisotopic (exact) mass is 995 g/mol. The molecule has 0 spiro atoms. The Morgan fingerprint density at radius 1 is 0.406 bits per heavy atom. The summed E-state index contributed by atoms with van der Waals surface area (Å²) >= 11 is 9.74. The molecule has 0 radical (unpaired) electrons.